The first-order valence-corrected chi connectivity index (χ1v) is 7.34. The fraction of sp³-hybridized carbons (Fsp3) is 0.667. The molecule has 4 nitrogen and oxygen atoms in total. The summed E-state index contributed by atoms with van der Waals surface area (Å²) in [5.41, 5.74) is 2.60. The maximum Gasteiger partial charge on any atom is 0.0670 e. The smallest absolute Gasteiger partial charge is 0.0670 e. The van der Waals surface area contributed by atoms with Gasteiger partial charge in [-0.2, -0.15) is 0 Å². The van der Waals surface area contributed by atoms with Crippen LogP contribution in [0.3, 0.4) is 0 Å². The van der Waals surface area contributed by atoms with Gasteiger partial charge in [0, 0.05) is 36.7 Å². The summed E-state index contributed by atoms with van der Waals surface area (Å²) < 4.78 is 5.59. The lowest BCUT2D eigenvalue weighted by Crippen LogP contribution is -2.45. The highest BCUT2D eigenvalue weighted by Gasteiger charge is 2.23. The molecule has 1 aromatic rings. The first kappa shape index (κ1) is 14.3. The summed E-state index contributed by atoms with van der Waals surface area (Å²) in [4.78, 5) is 6.75. The van der Waals surface area contributed by atoms with Crippen LogP contribution in [0.15, 0.2) is 18.5 Å². The number of aromatic nitrogens is 1. The summed E-state index contributed by atoms with van der Waals surface area (Å²) in [5, 5.41) is 3.47. The van der Waals surface area contributed by atoms with Gasteiger partial charge < -0.3 is 15.0 Å². The summed E-state index contributed by atoms with van der Waals surface area (Å²) in [5.74, 6) is 0. The van der Waals surface area contributed by atoms with Crippen molar-refractivity contribution >= 4 is 5.69 Å². The Hall–Kier alpha value is -1.13. The molecule has 0 saturated carbocycles. The molecule has 0 aromatic carbocycles. The zero-order chi connectivity index (χ0) is 13.5. The van der Waals surface area contributed by atoms with Crippen LogP contribution in [-0.2, 0) is 11.3 Å². The number of ether oxygens (including phenoxy) is 1. The molecule has 19 heavy (non-hydrogen) atoms. The van der Waals surface area contributed by atoms with Crippen molar-refractivity contribution in [2.45, 2.75) is 39.3 Å². The van der Waals surface area contributed by atoms with Crippen molar-refractivity contribution in [1.82, 2.24) is 10.3 Å². The summed E-state index contributed by atoms with van der Waals surface area (Å²) in [7, 11) is 0. The van der Waals surface area contributed by atoms with Gasteiger partial charge in [-0.15, -0.1) is 0 Å². The summed E-state index contributed by atoms with van der Waals surface area (Å²) in [6, 6.07) is 2.62. The lowest BCUT2D eigenvalue weighted by Gasteiger charge is -2.38. The maximum absolute atomic E-state index is 5.59. The average molecular weight is 263 g/mol. The van der Waals surface area contributed by atoms with Crippen LogP contribution in [0.2, 0.25) is 0 Å². The molecule has 1 aliphatic heterocycles. The van der Waals surface area contributed by atoms with E-state index in [1.807, 2.05) is 12.4 Å². The van der Waals surface area contributed by atoms with E-state index < -0.39 is 0 Å². The van der Waals surface area contributed by atoms with Crippen LogP contribution in [0.4, 0.5) is 5.69 Å². The van der Waals surface area contributed by atoms with E-state index in [1.165, 1.54) is 11.3 Å². The van der Waals surface area contributed by atoms with E-state index in [1.54, 1.807) is 0 Å². The number of morpholine rings is 1. The van der Waals surface area contributed by atoms with Crippen LogP contribution in [0.1, 0.15) is 32.3 Å². The SMILES string of the molecule is CCCNCc1cnccc1N1CCOCC1CC. The second-order valence-corrected chi connectivity index (χ2v) is 5.01. The maximum atomic E-state index is 5.59. The monoisotopic (exact) mass is 263 g/mol. The first-order valence-electron chi connectivity index (χ1n) is 7.34. The number of nitrogens with zero attached hydrogens (tertiary/aromatic N) is 2. The van der Waals surface area contributed by atoms with E-state index in [9.17, 15) is 0 Å². The van der Waals surface area contributed by atoms with Gasteiger partial charge in [0.25, 0.3) is 0 Å². The second-order valence-electron chi connectivity index (χ2n) is 5.01. The topological polar surface area (TPSA) is 37.4 Å². The Balaban J connectivity index is 2.12. The molecule has 0 bridgehead atoms. The number of anilines is 1. The first-order chi connectivity index (χ1) is 9.36. The summed E-state index contributed by atoms with van der Waals surface area (Å²) in [6.07, 6.45) is 6.15. The van der Waals surface area contributed by atoms with Gasteiger partial charge in [-0.3, -0.25) is 4.98 Å². The third-order valence-electron chi connectivity index (χ3n) is 3.63. The highest BCUT2D eigenvalue weighted by atomic mass is 16.5. The van der Waals surface area contributed by atoms with Crippen molar-refractivity contribution < 1.29 is 4.74 Å². The van der Waals surface area contributed by atoms with Gasteiger partial charge >= 0.3 is 0 Å². The molecule has 1 N–H and O–H groups in total. The van der Waals surface area contributed by atoms with E-state index in [0.29, 0.717) is 6.04 Å². The second kappa shape index (κ2) is 7.46. The molecular formula is C15H25N3O. The highest BCUT2D eigenvalue weighted by molar-refractivity contribution is 5.53. The molecule has 0 spiro atoms. The molecule has 1 saturated heterocycles. The molecule has 2 rings (SSSR count). The number of rotatable bonds is 6. The molecule has 1 aromatic heterocycles. The Bertz CT molecular complexity index is 383. The minimum absolute atomic E-state index is 0.487. The molecule has 1 fully saturated rings. The Morgan fingerprint density at radius 3 is 3.16 bits per heavy atom. The minimum atomic E-state index is 0.487. The molecular weight excluding hydrogens is 238 g/mol. The fourth-order valence-electron chi connectivity index (χ4n) is 2.55. The third kappa shape index (κ3) is 3.67. The van der Waals surface area contributed by atoms with E-state index in [2.05, 4.69) is 35.1 Å². The average Bonchev–Trinajstić information content (AvgIpc) is 2.48. The Morgan fingerprint density at radius 1 is 1.47 bits per heavy atom. The molecule has 1 unspecified atom stereocenters. The van der Waals surface area contributed by atoms with Crippen molar-refractivity contribution in [2.75, 3.05) is 31.2 Å². The van der Waals surface area contributed by atoms with Crippen molar-refractivity contribution in [3.05, 3.63) is 24.0 Å². The molecule has 1 atom stereocenters. The Kier molecular flexibility index (Phi) is 5.61. The predicted molar refractivity (Wildman–Crippen MR) is 78.5 cm³/mol. The van der Waals surface area contributed by atoms with Crippen molar-refractivity contribution in [3.8, 4) is 0 Å². The zero-order valence-electron chi connectivity index (χ0n) is 12.1. The van der Waals surface area contributed by atoms with Crippen LogP contribution in [0.25, 0.3) is 0 Å². The fourth-order valence-corrected chi connectivity index (χ4v) is 2.55. The van der Waals surface area contributed by atoms with E-state index in [-0.39, 0.29) is 0 Å². The van der Waals surface area contributed by atoms with Crippen molar-refractivity contribution in [1.29, 1.82) is 0 Å². The van der Waals surface area contributed by atoms with Gasteiger partial charge in [-0.25, -0.2) is 0 Å². The predicted octanol–water partition coefficient (Wildman–Crippen LogP) is 2.20. The van der Waals surface area contributed by atoms with E-state index in [4.69, 9.17) is 4.74 Å². The van der Waals surface area contributed by atoms with Gasteiger partial charge in [-0.05, 0) is 25.5 Å². The minimum Gasteiger partial charge on any atom is -0.377 e. The van der Waals surface area contributed by atoms with Crippen LogP contribution >= 0.6 is 0 Å². The molecule has 0 radical (unpaired) electrons. The molecule has 1 aliphatic rings. The van der Waals surface area contributed by atoms with Gasteiger partial charge in [-0.1, -0.05) is 13.8 Å². The molecule has 2 heterocycles. The summed E-state index contributed by atoms with van der Waals surface area (Å²) in [6.45, 7) is 8.98. The highest BCUT2D eigenvalue weighted by Crippen LogP contribution is 2.24. The Labute approximate surface area is 116 Å². The normalized spacial score (nSPS) is 19.7. The molecule has 106 valence electrons. The number of pyridine rings is 1. The largest absolute Gasteiger partial charge is 0.377 e. The number of hydrogen-bond donors (Lipinski definition) is 1. The molecule has 0 aliphatic carbocycles. The number of hydrogen-bond acceptors (Lipinski definition) is 4. The van der Waals surface area contributed by atoms with Gasteiger partial charge in [0.05, 0.1) is 19.3 Å². The third-order valence-corrected chi connectivity index (χ3v) is 3.63. The van der Waals surface area contributed by atoms with Gasteiger partial charge in [0.1, 0.15) is 0 Å². The van der Waals surface area contributed by atoms with Crippen LogP contribution in [0.5, 0.6) is 0 Å². The summed E-state index contributed by atoms with van der Waals surface area (Å²) >= 11 is 0. The zero-order valence-corrected chi connectivity index (χ0v) is 12.1. The van der Waals surface area contributed by atoms with E-state index >= 15 is 0 Å². The van der Waals surface area contributed by atoms with E-state index in [0.717, 1.165) is 45.7 Å². The molecule has 4 heteroatoms. The molecule has 0 amide bonds. The van der Waals surface area contributed by atoms with Crippen molar-refractivity contribution in [2.24, 2.45) is 0 Å². The van der Waals surface area contributed by atoms with Crippen LogP contribution in [0, 0.1) is 0 Å². The van der Waals surface area contributed by atoms with Gasteiger partial charge in [0.15, 0.2) is 0 Å². The van der Waals surface area contributed by atoms with Crippen molar-refractivity contribution in [3.63, 3.8) is 0 Å². The van der Waals surface area contributed by atoms with Crippen LogP contribution < -0.4 is 10.2 Å². The van der Waals surface area contributed by atoms with Crippen LogP contribution in [-0.4, -0.2) is 37.3 Å². The quantitative estimate of drug-likeness (QED) is 0.798. The lowest BCUT2D eigenvalue weighted by molar-refractivity contribution is 0.0929. The Morgan fingerprint density at radius 2 is 2.37 bits per heavy atom. The lowest BCUT2D eigenvalue weighted by atomic mass is 10.1. The standard InChI is InChI=1S/C15H25N3O/c1-3-6-16-10-13-11-17-7-5-15(13)18-8-9-19-12-14(18)4-2/h5,7,11,14,16H,3-4,6,8-10,12H2,1-2H3. The van der Waals surface area contributed by atoms with Gasteiger partial charge in [0.2, 0.25) is 0 Å². The number of nitrogens with one attached hydrogen (secondary N) is 1.